The van der Waals surface area contributed by atoms with Crippen molar-refractivity contribution in [3.05, 3.63) is 0 Å². The fourth-order valence-corrected chi connectivity index (χ4v) is 2.70. The zero-order chi connectivity index (χ0) is 11.3. The molecule has 2 aliphatic heterocycles. The Kier molecular flexibility index (Phi) is 5.62. The molecule has 0 spiro atoms. The van der Waals surface area contributed by atoms with Crippen molar-refractivity contribution in [1.29, 1.82) is 0 Å². The lowest BCUT2D eigenvalue weighted by Crippen LogP contribution is -2.39. The van der Waals surface area contributed by atoms with Crippen molar-refractivity contribution >= 4 is 0 Å². The summed E-state index contributed by atoms with van der Waals surface area (Å²) in [5.41, 5.74) is 0. The zero-order valence-corrected chi connectivity index (χ0v) is 11.0. The number of hydrogen-bond donors (Lipinski definition) is 0. The minimum absolute atomic E-state index is 0.737. The molecule has 2 heterocycles. The van der Waals surface area contributed by atoms with Crippen LogP contribution in [0, 0.1) is 0 Å². The molecule has 2 nitrogen and oxygen atoms in total. The van der Waals surface area contributed by atoms with E-state index >= 15 is 0 Å². The number of nitrogens with zero attached hydrogens (tertiary/aromatic N) is 2. The summed E-state index contributed by atoms with van der Waals surface area (Å²) < 4.78 is 0. The summed E-state index contributed by atoms with van der Waals surface area (Å²) in [4.78, 5) is 5.35. The third-order valence-electron chi connectivity index (χ3n) is 3.57. The molecule has 0 aromatic heterocycles. The van der Waals surface area contributed by atoms with Gasteiger partial charge in [-0.3, -0.25) is 9.80 Å². The normalized spacial score (nSPS) is 28.2. The average molecular weight is 212 g/mol. The van der Waals surface area contributed by atoms with Crippen LogP contribution >= 0.6 is 0 Å². The minimum Gasteiger partial charge on any atom is -0.299 e. The highest BCUT2D eigenvalue weighted by molar-refractivity contribution is 4.85. The van der Waals surface area contributed by atoms with Crippen molar-refractivity contribution < 1.29 is 0 Å². The highest BCUT2D eigenvalue weighted by Gasteiger charge is 2.29. The van der Waals surface area contributed by atoms with Gasteiger partial charge in [0.25, 0.3) is 0 Å². The maximum absolute atomic E-state index is 2.70. The van der Waals surface area contributed by atoms with Crippen LogP contribution in [0.4, 0.5) is 0 Å². The first-order chi connectivity index (χ1) is 7.27. The average Bonchev–Trinajstić information content (AvgIpc) is 2.58. The van der Waals surface area contributed by atoms with Crippen LogP contribution < -0.4 is 0 Å². The largest absolute Gasteiger partial charge is 0.299 e. The predicted octanol–water partition coefficient (Wildman–Crippen LogP) is 2.59. The van der Waals surface area contributed by atoms with E-state index in [4.69, 9.17) is 0 Å². The molecule has 2 rings (SSSR count). The molecule has 1 atom stereocenters. The molecule has 0 bridgehead atoms. The van der Waals surface area contributed by atoms with Gasteiger partial charge in [-0.05, 0) is 52.7 Å². The Labute approximate surface area is 95.6 Å². The third kappa shape index (κ3) is 3.46. The molecule has 2 aliphatic rings. The van der Waals surface area contributed by atoms with Gasteiger partial charge in [-0.15, -0.1) is 0 Å². The molecular weight excluding hydrogens is 184 g/mol. The van der Waals surface area contributed by atoms with E-state index in [0.29, 0.717) is 0 Å². The highest BCUT2D eigenvalue weighted by Crippen LogP contribution is 2.21. The van der Waals surface area contributed by atoms with Crippen molar-refractivity contribution in [3.8, 4) is 0 Å². The van der Waals surface area contributed by atoms with Crippen LogP contribution in [0.1, 0.15) is 47.0 Å². The lowest BCUT2D eigenvalue weighted by molar-refractivity contribution is 0.190. The Hall–Kier alpha value is -0.0800. The molecule has 2 fully saturated rings. The third-order valence-corrected chi connectivity index (χ3v) is 3.57. The number of hydrogen-bond acceptors (Lipinski definition) is 2. The molecule has 0 N–H and O–H groups in total. The van der Waals surface area contributed by atoms with E-state index in [0.717, 1.165) is 12.1 Å². The molecule has 90 valence electrons. The maximum atomic E-state index is 2.70. The summed E-state index contributed by atoms with van der Waals surface area (Å²) in [6.45, 7) is 14.0. The lowest BCUT2D eigenvalue weighted by Gasteiger charge is -2.28. The Balaban J connectivity index is 0.000000531. The second kappa shape index (κ2) is 6.49. The number of fused-ring (bicyclic) bond motifs is 1. The van der Waals surface area contributed by atoms with Gasteiger partial charge in [0.05, 0.1) is 0 Å². The van der Waals surface area contributed by atoms with Gasteiger partial charge in [0, 0.05) is 18.6 Å². The first-order valence-electron chi connectivity index (χ1n) is 6.75. The van der Waals surface area contributed by atoms with Gasteiger partial charge in [-0.2, -0.15) is 0 Å². The van der Waals surface area contributed by atoms with Gasteiger partial charge < -0.3 is 0 Å². The molecule has 0 saturated carbocycles. The van der Waals surface area contributed by atoms with Gasteiger partial charge in [0.2, 0.25) is 0 Å². The van der Waals surface area contributed by atoms with Gasteiger partial charge in [-0.1, -0.05) is 13.8 Å². The van der Waals surface area contributed by atoms with Crippen LogP contribution in [0.25, 0.3) is 0 Å². The Morgan fingerprint density at radius 1 is 1.00 bits per heavy atom. The predicted molar refractivity (Wildman–Crippen MR) is 67.3 cm³/mol. The Morgan fingerprint density at radius 2 is 1.67 bits per heavy atom. The van der Waals surface area contributed by atoms with Crippen LogP contribution in [0.2, 0.25) is 0 Å². The lowest BCUT2D eigenvalue weighted by atomic mass is 10.2. The Morgan fingerprint density at radius 3 is 2.33 bits per heavy atom. The molecular formula is C13H28N2. The van der Waals surface area contributed by atoms with Gasteiger partial charge in [0.1, 0.15) is 0 Å². The van der Waals surface area contributed by atoms with Crippen molar-refractivity contribution in [2.24, 2.45) is 0 Å². The maximum Gasteiger partial charge on any atom is 0.0223 e. The van der Waals surface area contributed by atoms with Gasteiger partial charge >= 0.3 is 0 Å². The van der Waals surface area contributed by atoms with Crippen molar-refractivity contribution in [1.82, 2.24) is 9.80 Å². The smallest absolute Gasteiger partial charge is 0.0223 e. The second-order valence-corrected chi connectivity index (χ2v) is 4.77. The summed E-state index contributed by atoms with van der Waals surface area (Å²) in [6.07, 6.45) is 4.23. The van der Waals surface area contributed by atoms with Crippen LogP contribution in [-0.4, -0.2) is 48.1 Å². The topological polar surface area (TPSA) is 6.48 Å². The Bertz CT molecular complexity index is 168. The zero-order valence-electron chi connectivity index (χ0n) is 11.0. The van der Waals surface area contributed by atoms with E-state index in [1.54, 1.807) is 0 Å². The minimum atomic E-state index is 0.737. The van der Waals surface area contributed by atoms with Crippen molar-refractivity contribution in [2.75, 3.05) is 26.2 Å². The van der Waals surface area contributed by atoms with E-state index in [9.17, 15) is 0 Å². The summed E-state index contributed by atoms with van der Waals surface area (Å²) in [5.74, 6) is 0. The summed E-state index contributed by atoms with van der Waals surface area (Å²) in [5, 5.41) is 0. The molecule has 15 heavy (non-hydrogen) atoms. The van der Waals surface area contributed by atoms with Gasteiger partial charge in [0.15, 0.2) is 0 Å². The van der Waals surface area contributed by atoms with Crippen molar-refractivity contribution in [2.45, 2.75) is 59.0 Å². The van der Waals surface area contributed by atoms with Crippen LogP contribution in [0.15, 0.2) is 0 Å². The van der Waals surface area contributed by atoms with Crippen LogP contribution in [0.3, 0.4) is 0 Å². The highest BCUT2D eigenvalue weighted by atomic mass is 15.3. The fraction of sp³-hybridized carbons (Fsp3) is 1.00. The molecule has 0 aromatic rings. The van der Waals surface area contributed by atoms with Gasteiger partial charge in [-0.25, -0.2) is 0 Å². The molecule has 0 aromatic carbocycles. The molecule has 0 radical (unpaired) electrons. The first-order valence-corrected chi connectivity index (χ1v) is 6.75. The first kappa shape index (κ1) is 13.0. The quantitative estimate of drug-likeness (QED) is 0.659. The van der Waals surface area contributed by atoms with Crippen LogP contribution in [0.5, 0.6) is 0 Å². The van der Waals surface area contributed by atoms with E-state index in [1.807, 2.05) is 13.8 Å². The van der Waals surface area contributed by atoms with Crippen LogP contribution in [-0.2, 0) is 0 Å². The molecule has 2 saturated heterocycles. The second-order valence-electron chi connectivity index (χ2n) is 4.77. The monoisotopic (exact) mass is 212 g/mol. The van der Waals surface area contributed by atoms with Crippen molar-refractivity contribution in [3.63, 3.8) is 0 Å². The fourth-order valence-electron chi connectivity index (χ4n) is 2.70. The van der Waals surface area contributed by atoms with E-state index in [1.165, 1.54) is 45.4 Å². The molecule has 2 heteroatoms. The standard InChI is InChI=1S/C11H22N2.C2H6/c1-10(2)13-8-4-7-12-6-3-5-11(12)9-13;1-2/h10-11H,3-9H2,1-2H3;1-2H3. The molecule has 1 unspecified atom stereocenters. The van der Waals surface area contributed by atoms with E-state index in [-0.39, 0.29) is 0 Å². The molecule has 0 aliphatic carbocycles. The van der Waals surface area contributed by atoms with E-state index in [2.05, 4.69) is 23.6 Å². The summed E-state index contributed by atoms with van der Waals surface area (Å²) >= 11 is 0. The SMILES string of the molecule is CC.CC(C)N1CCCN2CCCC2C1. The van der Waals surface area contributed by atoms with E-state index < -0.39 is 0 Å². The summed E-state index contributed by atoms with van der Waals surface area (Å²) in [6, 6.07) is 1.62. The molecule has 0 amide bonds. The number of rotatable bonds is 1. The summed E-state index contributed by atoms with van der Waals surface area (Å²) in [7, 11) is 0.